The molecule has 1 saturated heterocycles. The number of nitrogens with zero attached hydrogens (tertiary/aromatic N) is 1. The predicted octanol–water partition coefficient (Wildman–Crippen LogP) is 3.31. The lowest BCUT2D eigenvalue weighted by molar-refractivity contribution is -0.146. The van der Waals surface area contributed by atoms with Crippen LogP contribution in [-0.2, 0) is 9.59 Å². The molecule has 1 aromatic rings. The van der Waals surface area contributed by atoms with Crippen LogP contribution >= 0.6 is 24.0 Å². The number of rotatable bonds is 4. The number of amides is 1. The van der Waals surface area contributed by atoms with Crippen molar-refractivity contribution < 1.29 is 14.7 Å². The van der Waals surface area contributed by atoms with E-state index in [0.29, 0.717) is 9.23 Å². The van der Waals surface area contributed by atoms with Crippen LogP contribution in [0.1, 0.15) is 25.0 Å². The van der Waals surface area contributed by atoms with Crippen molar-refractivity contribution in [3.63, 3.8) is 0 Å². The van der Waals surface area contributed by atoms with Crippen LogP contribution < -0.4 is 0 Å². The molecule has 1 aliphatic heterocycles. The molecule has 1 aromatic carbocycles. The molecule has 1 N–H and O–H groups in total. The molecular weight excluding hydrogens is 318 g/mol. The Morgan fingerprint density at radius 1 is 1.41 bits per heavy atom. The molecule has 0 saturated carbocycles. The molecular formula is C16H17NO3S2. The summed E-state index contributed by atoms with van der Waals surface area (Å²) < 4.78 is 0.296. The summed E-state index contributed by atoms with van der Waals surface area (Å²) in [5, 5.41) is 9.37. The lowest BCUT2D eigenvalue weighted by Gasteiger charge is -2.26. The van der Waals surface area contributed by atoms with Gasteiger partial charge in [-0.15, -0.1) is 0 Å². The Morgan fingerprint density at radius 2 is 2.09 bits per heavy atom. The number of thioether (sulfide) groups is 1. The normalized spacial score (nSPS) is 18.4. The van der Waals surface area contributed by atoms with Gasteiger partial charge in [0.05, 0.1) is 4.91 Å². The number of aryl methyl sites for hydroxylation is 1. The van der Waals surface area contributed by atoms with Gasteiger partial charge in [-0.3, -0.25) is 9.69 Å². The minimum atomic E-state index is -1.04. The largest absolute Gasteiger partial charge is 0.480 e. The molecule has 1 aliphatic rings. The summed E-state index contributed by atoms with van der Waals surface area (Å²) in [6.45, 7) is 5.50. The van der Waals surface area contributed by atoms with E-state index in [0.717, 1.165) is 22.9 Å². The zero-order valence-corrected chi connectivity index (χ0v) is 14.2. The summed E-state index contributed by atoms with van der Waals surface area (Å²) in [6.07, 6.45) is 1.76. The van der Waals surface area contributed by atoms with E-state index in [1.807, 2.05) is 31.2 Å². The third-order valence-electron chi connectivity index (χ3n) is 3.33. The highest BCUT2D eigenvalue weighted by atomic mass is 32.2. The Labute approximate surface area is 139 Å². The number of hydrogen-bond acceptors (Lipinski definition) is 4. The van der Waals surface area contributed by atoms with Crippen LogP contribution in [0.15, 0.2) is 29.2 Å². The highest BCUT2D eigenvalue weighted by Crippen LogP contribution is 2.35. The molecule has 0 aliphatic carbocycles. The first-order valence-corrected chi connectivity index (χ1v) is 8.10. The number of aliphatic carboxylic acids is 1. The third-order valence-corrected chi connectivity index (χ3v) is 4.66. The van der Waals surface area contributed by atoms with Crippen molar-refractivity contribution in [2.45, 2.75) is 26.8 Å². The predicted molar refractivity (Wildman–Crippen MR) is 92.5 cm³/mol. The number of hydrogen-bond donors (Lipinski definition) is 1. The first kappa shape index (κ1) is 16.7. The zero-order valence-electron chi connectivity index (χ0n) is 12.6. The fraction of sp³-hybridized carbons (Fsp3) is 0.312. The SMILES string of the molecule is Cc1cccc(/C=C2\SC(=S)N([C@H](C(=O)O)C(C)C)C2=O)c1. The van der Waals surface area contributed by atoms with Gasteiger partial charge in [-0.1, -0.05) is 67.7 Å². The van der Waals surface area contributed by atoms with Gasteiger partial charge in [0.15, 0.2) is 0 Å². The van der Waals surface area contributed by atoms with Gasteiger partial charge >= 0.3 is 5.97 Å². The Morgan fingerprint density at radius 3 is 2.64 bits per heavy atom. The first-order chi connectivity index (χ1) is 10.3. The maximum Gasteiger partial charge on any atom is 0.327 e. The van der Waals surface area contributed by atoms with Gasteiger partial charge in [0.25, 0.3) is 5.91 Å². The van der Waals surface area contributed by atoms with Crippen molar-refractivity contribution in [3.8, 4) is 0 Å². The molecule has 1 heterocycles. The number of carboxylic acids is 1. The van der Waals surface area contributed by atoms with E-state index in [1.165, 1.54) is 4.90 Å². The van der Waals surface area contributed by atoms with E-state index < -0.39 is 12.0 Å². The molecule has 1 atom stereocenters. The summed E-state index contributed by atoms with van der Waals surface area (Å²) in [5.74, 6) is -1.60. The molecule has 6 heteroatoms. The molecule has 0 radical (unpaired) electrons. The summed E-state index contributed by atoms with van der Waals surface area (Å²) in [7, 11) is 0. The van der Waals surface area contributed by atoms with Crippen LogP contribution in [0.25, 0.3) is 6.08 Å². The van der Waals surface area contributed by atoms with Crippen LogP contribution in [0, 0.1) is 12.8 Å². The molecule has 0 bridgehead atoms. The van der Waals surface area contributed by atoms with Gasteiger partial charge < -0.3 is 5.11 Å². The van der Waals surface area contributed by atoms with E-state index in [1.54, 1.807) is 19.9 Å². The average Bonchev–Trinajstić information content (AvgIpc) is 2.66. The van der Waals surface area contributed by atoms with Crippen molar-refractivity contribution in [2.75, 3.05) is 0 Å². The van der Waals surface area contributed by atoms with E-state index in [4.69, 9.17) is 12.2 Å². The Bertz CT molecular complexity index is 667. The van der Waals surface area contributed by atoms with Crippen LogP contribution in [0.2, 0.25) is 0 Å². The van der Waals surface area contributed by atoms with Gasteiger partial charge in [-0.05, 0) is 24.5 Å². The highest BCUT2D eigenvalue weighted by Gasteiger charge is 2.41. The number of benzene rings is 1. The number of carbonyl (C=O) groups is 2. The van der Waals surface area contributed by atoms with Gasteiger partial charge in [-0.2, -0.15) is 0 Å². The molecule has 1 amide bonds. The number of carbonyl (C=O) groups excluding carboxylic acids is 1. The van der Waals surface area contributed by atoms with Gasteiger partial charge in [0, 0.05) is 0 Å². The second-order valence-corrected chi connectivity index (χ2v) is 7.17. The summed E-state index contributed by atoms with van der Waals surface area (Å²) in [6, 6.07) is 6.81. The lowest BCUT2D eigenvalue weighted by atomic mass is 10.0. The molecule has 1 fully saturated rings. The fourth-order valence-corrected chi connectivity index (χ4v) is 3.65. The first-order valence-electron chi connectivity index (χ1n) is 6.88. The van der Waals surface area contributed by atoms with Crippen LogP contribution in [0.3, 0.4) is 0 Å². The van der Waals surface area contributed by atoms with Crippen molar-refractivity contribution in [2.24, 2.45) is 5.92 Å². The quantitative estimate of drug-likeness (QED) is 0.676. The van der Waals surface area contributed by atoms with Crippen LogP contribution in [0.4, 0.5) is 0 Å². The smallest absolute Gasteiger partial charge is 0.327 e. The monoisotopic (exact) mass is 335 g/mol. The topological polar surface area (TPSA) is 57.6 Å². The minimum absolute atomic E-state index is 0.224. The van der Waals surface area contributed by atoms with Gasteiger partial charge in [0.1, 0.15) is 10.4 Å². The van der Waals surface area contributed by atoms with Crippen molar-refractivity contribution in [3.05, 3.63) is 40.3 Å². The van der Waals surface area contributed by atoms with Crippen molar-refractivity contribution >= 4 is 46.3 Å². The Hall–Kier alpha value is -1.66. The molecule has 0 aromatic heterocycles. The molecule has 0 spiro atoms. The lowest BCUT2D eigenvalue weighted by Crippen LogP contribution is -2.47. The Balaban J connectivity index is 2.34. The summed E-state index contributed by atoms with van der Waals surface area (Å²) in [5.41, 5.74) is 1.99. The van der Waals surface area contributed by atoms with Crippen LogP contribution in [-0.4, -0.2) is 32.2 Å². The van der Waals surface area contributed by atoms with Gasteiger partial charge in [-0.25, -0.2) is 4.79 Å². The van der Waals surface area contributed by atoms with E-state index in [2.05, 4.69) is 0 Å². The summed E-state index contributed by atoms with van der Waals surface area (Å²) in [4.78, 5) is 25.7. The van der Waals surface area contributed by atoms with Gasteiger partial charge in [0.2, 0.25) is 0 Å². The minimum Gasteiger partial charge on any atom is -0.480 e. The second kappa shape index (κ2) is 6.62. The van der Waals surface area contributed by atoms with E-state index >= 15 is 0 Å². The Kier molecular flexibility index (Phi) is 5.03. The maximum atomic E-state index is 12.5. The number of carboxylic acid groups (broad SMARTS) is 1. The zero-order chi connectivity index (χ0) is 16.4. The number of thiocarbonyl (C=S) groups is 1. The third kappa shape index (κ3) is 3.39. The van der Waals surface area contributed by atoms with Crippen molar-refractivity contribution in [1.82, 2.24) is 4.90 Å². The van der Waals surface area contributed by atoms with Crippen molar-refractivity contribution in [1.29, 1.82) is 0 Å². The molecule has 0 unspecified atom stereocenters. The second-order valence-electron chi connectivity index (χ2n) is 5.49. The average molecular weight is 335 g/mol. The molecule has 116 valence electrons. The molecule has 22 heavy (non-hydrogen) atoms. The van der Waals surface area contributed by atoms with E-state index in [-0.39, 0.29) is 11.8 Å². The highest BCUT2D eigenvalue weighted by molar-refractivity contribution is 8.26. The fourth-order valence-electron chi connectivity index (χ4n) is 2.32. The standard InChI is InChI=1S/C16H17NO3S2/c1-9(2)13(15(19)20)17-14(18)12(22-16(17)21)8-11-6-4-5-10(3)7-11/h4-9,13H,1-3H3,(H,19,20)/b12-8-/t13-/m0/s1. The molecule has 2 rings (SSSR count). The van der Waals surface area contributed by atoms with E-state index in [9.17, 15) is 14.7 Å². The van der Waals surface area contributed by atoms with Crippen LogP contribution in [0.5, 0.6) is 0 Å². The maximum absolute atomic E-state index is 12.5. The summed E-state index contributed by atoms with van der Waals surface area (Å²) >= 11 is 6.37. The molecule has 4 nitrogen and oxygen atoms in total.